The molecule has 1 atom stereocenters. The summed E-state index contributed by atoms with van der Waals surface area (Å²) in [5, 5.41) is 14.3. The molecule has 0 bridgehead atoms. The molecule has 0 saturated carbocycles. The fourth-order valence-corrected chi connectivity index (χ4v) is 1.89. The zero-order valence-corrected chi connectivity index (χ0v) is 13.1. The molecule has 1 aromatic heterocycles. The van der Waals surface area contributed by atoms with Crippen LogP contribution in [0.4, 0.5) is 17.3 Å². The smallest absolute Gasteiger partial charge is 0.311 e. The number of nitrogens with zero attached hydrogens (tertiary/aromatic N) is 3. The normalized spacial score (nSPS) is 12.9. The first-order chi connectivity index (χ1) is 9.18. The van der Waals surface area contributed by atoms with Gasteiger partial charge in [-0.25, -0.2) is 4.98 Å². The standard InChI is InChI=1S/C14H24N4O2/c1-7-15-12-9-8-11(18(19)20)13(16-12)17(6)10(2)14(3,4)5/h8-10H,7H2,1-6H3,(H,15,16). The van der Waals surface area contributed by atoms with Crippen molar-refractivity contribution in [2.24, 2.45) is 5.41 Å². The maximum absolute atomic E-state index is 11.2. The van der Waals surface area contributed by atoms with E-state index in [2.05, 4.69) is 31.1 Å². The van der Waals surface area contributed by atoms with Crippen LogP contribution in [0.2, 0.25) is 0 Å². The van der Waals surface area contributed by atoms with Crippen LogP contribution in [0, 0.1) is 15.5 Å². The topological polar surface area (TPSA) is 71.3 Å². The van der Waals surface area contributed by atoms with Crippen LogP contribution < -0.4 is 10.2 Å². The van der Waals surface area contributed by atoms with Crippen LogP contribution in [0.15, 0.2) is 12.1 Å². The number of rotatable bonds is 5. The van der Waals surface area contributed by atoms with Crippen LogP contribution in [0.3, 0.4) is 0 Å². The van der Waals surface area contributed by atoms with Crippen LogP contribution in [0.1, 0.15) is 34.6 Å². The molecule has 1 heterocycles. The second-order valence-electron chi connectivity index (χ2n) is 5.98. The molecular weight excluding hydrogens is 256 g/mol. The quantitative estimate of drug-likeness (QED) is 0.662. The van der Waals surface area contributed by atoms with E-state index in [1.807, 2.05) is 25.8 Å². The van der Waals surface area contributed by atoms with Crippen LogP contribution in [-0.2, 0) is 0 Å². The van der Waals surface area contributed by atoms with Crippen LogP contribution in [-0.4, -0.2) is 29.5 Å². The number of nitro groups is 1. The van der Waals surface area contributed by atoms with Gasteiger partial charge in [0.2, 0.25) is 5.82 Å². The molecule has 0 aliphatic rings. The van der Waals surface area contributed by atoms with E-state index in [-0.39, 0.29) is 22.1 Å². The minimum absolute atomic E-state index is 0.00150. The summed E-state index contributed by atoms with van der Waals surface area (Å²) >= 11 is 0. The fourth-order valence-electron chi connectivity index (χ4n) is 1.89. The van der Waals surface area contributed by atoms with Gasteiger partial charge in [-0.15, -0.1) is 0 Å². The molecular formula is C14H24N4O2. The molecule has 0 aliphatic carbocycles. The van der Waals surface area contributed by atoms with Gasteiger partial charge in [0.15, 0.2) is 0 Å². The molecule has 20 heavy (non-hydrogen) atoms. The Kier molecular flexibility index (Phi) is 4.92. The Labute approximate surface area is 120 Å². The molecule has 0 aromatic carbocycles. The molecule has 1 aromatic rings. The first-order valence-electron chi connectivity index (χ1n) is 6.80. The lowest BCUT2D eigenvalue weighted by Crippen LogP contribution is -2.40. The molecule has 0 amide bonds. The Hall–Kier alpha value is -1.85. The first kappa shape index (κ1) is 16.2. The van der Waals surface area contributed by atoms with Crippen molar-refractivity contribution in [2.45, 2.75) is 40.7 Å². The molecule has 112 valence electrons. The summed E-state index contributed by atoms with van der Waals surface area (Å²) in [6, 6.07) is 3.26. The minimum Gasteiger partial charge on any atom is -0.370 e. The molecule has 0 aliphatic heterocycles. The van der Waals surface area contributed by atoms with Crippen molar-refractivity contribution < 1.29 is 4.92 Å². The maximum Gasteiger partial charge on any atom is 0.311 e. The summed E-state index contributed by atoms with van der Waals surface area (Å²) in [4.78, 5) is 17.1. The van der Waals surface area contributed by atoms with Gasteiger partial charge in [-0.1, -0.05) is 20.8 Å². The van der Waals surface area contributed by atoms with Gasteiger partial charge in [0.05, 0.1) is 4.92 Å². The fraction of sp³-hybridized carbons (Fsp3) is 0.643. The summed E-state index contributed by atoms with van der Waals surface area (Å²) in [6.45, 7) is 11.1. The molecule has 0 spiro atoms. The van der Waals surface area contributed by atoms with E-state index in [0.717, 1.165) is 6.54 Å². The van der Waals surface area contributed by atoms with Crippen LogP contribution in [0.25, 0.3) is 0 Å². The van der Waals surface area contributed by atoms with E-state index in [1.54, 1.807) is 6.07 Å². The third-order valence-corrected chi connectivity index (χ3v) is 3.58. The van der Waals surface area contributed by atoms with Gasteiger partial charge in [0.25, 0.3) is 0 Å². The average molecular weight is 280 g/mol. The molecule has 6 nitrogen and oxygen atoms in total. The Morgan fingerprint density at radius 1 is 1.45 bits per heavy atom. The molecule has 6 heteroatoms. The van der Waals surface area contributed by atoms with Crippen molar-refractivity contribution in [3.8, 4) is 0 Å². The third kappa shape index (κ3) is 3.59. The number of nitrogens with one attached hydrogen (secondary N) is 1. The Balaban J connectivity index is 3.24. The summed E-state index contributed by atoms with van der Waals surface area (Å²) in [5.41, 5.74) is 0.0311. The largest absolute Gasteiger partial charge is 0.370 e. The SMILES string of the molecule is CCNc1ccc([N+](=O)[O-])c(N(C)C(C)C(C)(C)C)n1. The predicted molar refractivity (Wildman–Crippen MR) is 82.4 cm³/mol. The van der Waals surface area contributed by atoms with E-state index in [1.165, 1.54) is 6.07 Å². The number of hydrogen-bond donors (Lipinski definition) is 1. The van der Waals surface area contributed by atoms with Gasteiger partial charge < -0.3 is 10.2 Å². The first-order valence-corrected chi connectivity index (χ1v) is 6.80. The van der Waals surface area contributed by atoms with E-state index >= 15 is 0 Å². The monoisotopic (exact) mass is 280 g/mol. The zero-order chi connectivity index (χ0) is 15.5. The Morgan fingerprint density at radius 2 is 2.05 bits per heavy atom. The lowest BCUT2D eigenvalue weighted by molar-refractivity contribution is -0.384. The minimum atomic E-state index is -0.385. The van der Waals surface area contributed by atoms with Crippen LogP contribution >= 0.6 is 0 Å². The van der Waals surface area contributed by atoms with Crippen molar-refractivity contribution >= 4 is 17.3 Å². The molecule has 0 radical (unpaired) electrons. The lowest BCUT2D eigenvalue weighted by atomic mass is 9.87. The highest BCUT2D eigenvalue weighted by Gasteiger charge is 2.29. The highest BCUT2D eigenvalue weighted by Crippen LogP contribution is 2.32. The molecule has 1 rings (SSSR count). The van der Waals surface area contributed by atoms with Crippen molar-refractivity contribution in [1.82, 2.24) is 4.98 Å². The number of aromatic nitrogens is 1. The van der Waals surface area contributed by atoms with Gasteiger partial charge in [0.1, 0.15) is 5.82 Å². The van der Waals surface area contributed by atoms with E-state index < -0.39 is 0 Å². The van der Waals surface area contributed by atoms with Gasteiger partial charge in [0, 0.05) is 25.7 Å². The molecule has 0 fully saturated rings. The van der Waals surface area contributed by atoms with E-state index in [4.69, 9.17) is 0 Å². The van der Waals surface area contributed by atoms with Gasteiger partial charge in [-0.2, -0.15) is 0 Å². The van der Waals surface area contributed by atoms with Crippen molar-refractivity contribution in [3.63, 3.8) is 0 Å². The van der Waals surface area contributed by atoms with Crippen molar-refractivity contribution in [1.29, 1.82) is 0 Å². The highest BCUT2D eigenvalue weighted by molar-refractivity contribution is 5.62. The van der Waals surface area contributed by atoms with E-state index in [0.29, 0.717) is 11.6 Å². The van der Waals surface area contributed by atoms with Gasteiger partial charge in [-0.3, -0.25) is 10.1 Å². The van der Waals surface area contributed by atoms with Gasteiger partial charge in [-0.05, 0) is 25.3 Å². The van der Waals surface area contributed by atoms with Crippen molar-refractivity contribution in [2.75, 3.05) is 23.8 Å². The number of hydrogen-bond acceptors (Lipinski definition) is 5. The second kappa shape index (κ2) is 6.07. The summed E-state index contributed by atoms with van der Waals surface area (Å²) in [7, 11) is 1.85. The van der Waals surface area contributed by atoms with E-state index in [9.17, 15) is 10.1 Å². The second-order valence-corrected chi connectivity index (χ2v) is 5.98. The van der Waals surface area contributed by atoms with Crippen molar-refractivity contribution in [3.05, 3.63) is 22.2 Å². The Morgan fingerprint density at radius 3 is 2.50 bits per heavy atom. The molecule has 1 N–H and O–H groups in total. The summed E-state index contributed by atoms with van der Waals surface area (Å²) in [6.07, 6.45) is 0. The van der Waals surface area contributed by atoms with Gasteiger partial charge >= 0.3 is 5.69 Å². The molecule has 0 saturated heterocycles. The third-order valence-electron chi connectivity index (χ3n) is 3.58. The number of anilines is 2. The zero-order valence-electron chi connectivity index (χ0n) is 13.1. The van der Waals surface area contributed by atoms with Crippen LogP contribution in [0.5, 0.6) is 0 Å². The highest BCUT2D eigenvalue weighted by atomic mass is 16.6. The molecule has 1 unspecified atom stereocenters. The summed E-state index contributed by atoms with van der Waals surface area (Å²) < 4.78 is 0. The summed E-state index contributed by atoms with van der Waals surface area (Å²) in [5.74, 6) is 1.05. The lowest BCUT2D eigenvalue weighted by Gasteiger charge is -2.35. The predicted octanol–water partition coefficient (Wildman–Crippen LogP) is 3.29. The average Bonchev–Trinajstić information content (AvgIpc) is 2.36. The maximum atomic E-state index is 11.2. The Bertz CT molecular complexity index is 483. The number of pyridine rings is 1.